The van der Waals surface area contributed by atoms with Crippen molar-refractivity contribution in [3.05, 3.63) is 75.6 Å². The highest BCUT2D eigenvalue weighted by Crippen LogP contribution is 2.73. The van der Waals surface area contributed by atoms with Crippen LogP contribution in [-0.2, 0) is 11.1 Å². The Labute approximate surface area is 243 Å². The van der Waals surface area contributed by atoms with Gasteiger partial charge in [-0.25, -0.2) is 23.5 Å². The van der Waals surface area contributed by atoms with Gasteiger partial charge in [-0.05, 0) is 72.8 Å². The Morgan fingerprint density at radius 3 is 2.37 bits per heavy atom. The van der Waals surface area contributed by atoms with Crippen molar-refractivity contribution in [3.63, 3.8) is 0 Å². The van der Waals surface area contributed by atoms with Crippen LogP contribution in [0.25, 0.3) is 5.69 Å². The first kappa shape index (κ1) is 27.2. The molecule has 0 unspecified atom stereocenters. The maximum absolute atomic E-state index is 14.6. The lowest BCUT2D eigenvalue weighted by atomic mass is 9.41. The Morgan fingerprint density at radius 2 is 1.63 bits per heavy atom. The molecule has 2 aromatic rings. The highest BCUT2D eigenvalue weighted by molar-refractivity contribution is 5.41. The highest BCUT2D eigenvalue weighted by Gasteiger charge is 2.74. The van der Waals surface area contributed by atoms with Crippen LogP contribution in [-0.4, -0.2) is 25.1 Å². The van der Waals surface area contributed by atoms with Crippen LogP contribution in [0.1, 0.15) is 86.0 Å². The average molecular weight is 558 g/mol. The van der Waals surface area contributed by atoms with E-state index in [4.69, 9.17) is 0 Å². The molecule has 2 fully saturated rings. The molecule has 0 amide bonds. The zero-order valence-electron chi connectivity index (χ0n) is 25.4. The first-order valence-electron chi connectivity index (χ1n) is 16.1. The lowest BCUT2D eigenvalue weighted by Crippen LogP contribution is -2.75. The number of nitrogens with zero attached hydrogens (tertiary/aromatic N) is 3. The lowest BCUT2D eigenvalue weighted by Gasteiger charge is -2.70. The van der Waals surface area contributed by atoms with Crippen LogP contribution in [0.15, 0.2) is 64.2 Å². The fourth-order valence-corrected chi connectivity index (χ4v) is 11.0. The van der Waals surface area contributed by atoms with E-state index in [0.717, 1.165) is 25.2 Å². The molecule has 2 saturated carbocycles. The number of hydrogen-bond acceptors (Lipinski definition) is 3. The molecule has 2 spiro atoms. The number of fused-ring (bicyclic) bond motifs is 1. The van der Waals surface area contributed by atoms with Gasteiger partial charge in [-0.1, -0.05) is 96.4 Å². The van der Waals surface area contributed by atoms with Gasteiger partial charge < -0.3 is 5.11 Å². The molecule has 3 heterocycles. The van der Waals surface area contributed by atoms with Crippen molar-refractivity contribution < 1.29 is 5.11 Å². The van der Waals surface area contributed by atoms with Gasteiger partial charge in [0.1, 0.15) is 0 Å². The molecule has 2 aliphatic heterocycles. The minimum Gasteiger partial charge on any atom is -0.389 e. The van der Waals surface area contributed by atoms with Crippen molar-refractivity contribution in [3.8, 4) is 5.69 Å². The Balaban J connectivity index is 1.43. The zero-order chi connectivity index (χ0) is 28.9. The van der Waals surface area contributed by atoms with E-state index in [2.05, 4.69) is 52.8 Å². The maximum atomic E-state index is 14.6. The molecule has 6 heteroatoms. The molecule has 9 atom stereocenters. The van der Waals surface area contributed by atoms with Crippen LogP contribution in [0.5, 0.6) is 0 Å². The van der Waals surface area contributed by atoms with Crippen molar-refractivity contribution in [2.24, 2.45) is 40.4 Å². The molecular weight excluding hydrogens is 510 g/mol. The molecule has 1 aromatic heterocycles. The van der Waals surface area contributed by atoms with E-state index < -0.39 is 17.2 Å². The summed E-state index contributed by atoms with van der Waals surface area (Å²) in [5, 5.41) is 10.9. The number of allylic oxidation sites excluding steroid dienone is 3. The second-order valence-corrected chi connectivity index (χ2v) is 15.1. The summed E-state index contributed by atoms with van der Waals surface area (Å²) in [5.41, 5.74) is -1.55. The third-order valence-electron chi connectivity index (χ3n) is 12.8. The van der Waals surface area contributed by atoms with E-state index >= 15 is 0 Å². The number of para-hydroxylation sites is 1. The van der Waals surface area contributed by atoms with Crippen LogP contribution >= 0.6 is 0 Å². The molecule has 8 rings (SSSR count). The summed E-state index contributed by atoms with van der Waals surface area (Å²) in [4.78, 5) is 29.1. The summed E-state index contributed by atoms with van der Waals surface area (Å²) in [5.74, 6) is 2.44. The van der Waals surface area contributed by atoms with Gasteiger partial charge in [0.25, 0.3) is 0 Å². The molecule has 2 bridgehead atoms. The van der Waals surface area contributed by atoms with Crippen LogP contribution < -0.4 is 11.4 Å². The van der Waals surface area contributed by atoms with Crippen LogP contribution in [0.2, 0.25) is 0 Å². The second kappa shape index (κ2) is 8.95. The molecule has 1 N–H and O–H groups in total. The molecule has 41 heavy (non-hydrogen) atoms. The van der Waals surface area contributed by atoms with Gasteiger partial charge in [-0.2, -0.15) is 0 Å². The third-order valence-corrected chi connectivity index (χ3v) is 12.8. The van der Waals surface area contributed by atoms with Crippen LogP contribution in [0.3, 0.4) is 0 Å². The summed E-state index contributed by atoms with van der Waals surface area (Å²) in [6, 6.07) is 9.37. The van der Waals surface area contributed by atoms with Gasteiger partial charge >= 0.3 is 11.4 Å². The summed E-state index contributed by atoms with van der Waals surface area (Å²) in [6.45, 7) is 11.9. The van der Waals surface area contributed by atoms with Crippen LogP contribution in [0.4, 0.5) is 0 Å². The Morgan fingerprint density at radius 1 is 0.902 bits per heavy atom. The predicted molar refractivity (Wildman–Crippen MR) is 162 cm³/mol. The van der Waals surface area contributed by atoms with E-state index in [1.807, 2.05) is 41.1 Å². The smallest absolute Gasteiger partial charge is 0.352 e. The third kappa shape index (κ3) is 3.29. The fraction of sp³-hybridized carbons (Fsp3) is 0.657. The molecule has 0 saturated heterocycles. The van der Waals surface area contributed by atoms with Gasteiger partial charge in [0.15, 0.2) is 0 Å². The number of rotatable bonds is 6. The number of aromatic nitrogens is 3. The summed E-state index contributed by atoms with van der Waals surface area (Å²) in [6.07, 6.45) is 16.7. The van der Waals surface area contributed by atoms with E-state index in [1.165, 1.54) is 30.3 Å². The second-order valence-electron chi connectivity index (χ2n) is 15.1. The Bertz CT molecular complexity index is 1530. The van der Waals surface area contributed by atoms with Gasteiger partial charge in [-0.3, -0.25) is 0 Å². The lowest BCUT2D eigenvalue weighted by molar-refractivity contribution is -0.167. The topological polar surface area (TPSA) is 69.2 Å². The maximum Gasteiger partial charge on any atom is 0.352 e. The van der Waals surface area contributed by atoms with Crippen molar-refractivity contribution >= 4 is 0 Å². The summed E-state index contributed by atoms with van der Waals surface area (Å²) >= 11 is 0. The largest absolute Gasteiger partial charge is 0.389 e. The van der Waals surface area contributed by atoms with Crippen molar-refractivity contribution in [2.45, 2.75) is 103 Å². The first-order valence-corrected chi connectivity index (χ1v) is 16.1. The van der Waals surface area contributed by atoms with E-state index in [-0.39, 0.29) is 34.0 Å². The van der Waals surface area contributed by atoms with E-state index in [0.29, 0.717) is 23.9 Å². The SMILES string of the molecule is CC(C)CCC[C@@H](C)[C@H]1CC[C@@H]2[C@]1(C)CC[C@H]1[C@]23C=C[C@]2(C[C@@H](O)C=C[C@]12C)n1c(=O)n(-c2ccccc2)c(=O)n13. The van der Waals surface area contributed by atoms with Crippen LogP contribution in [0, 0.1) is 40.4 Å². The molecule has 6 nitrogen and oxygen atoms in total. The minimum absolute atomic E-state index is 0.0961. The molecule has 1 aromatic carbocycles. The van der Waals surface area contributed by atoms with Gasteiger partial charge in [-0.15, -0.1) is 0 Å². The number of benzene rings is 1. The van der Waals surface area contributed by atoms with E-state index in [9.17, 15) is 14.7 Å². The number of hydrogen-bond donors (Lipinski definition) is 1. The molecular formula is C35H47N3O3. The summed E-state index contributed by atoms with van der Waals surface area (Å²) < 4.78 is 5.10. The standard InChI is InChI=1S/C35H47N3O3/c1-23(2)10-9-11-24(3)27-14-15-28-32(27,4)18-17-29-33(5)19-16-26(39)22-34(33)20-21-35(28,29)38-31(41)36(30(40)37(34)38)25-12-7-6-8-13-25/h6-8,12-13,16,19-21,23-24,26-29,39H,9-11,14-15,17-18,22H2,1-5H3/t24-,26+,27-,28-,29-,32-,33-,34-,35+/m1/s1. The predicted octanol–water partition coefficient (Wildman–Crippen LogP) is 6.01. The Hall–Kier alpha value is -2.60. The van der Waals surface area contributed by atoms with Gasteiger partial charge in [0.05, 0.1) is 22.9 Å². The molecule has 0 radical (unpaired) electrons. The average Bonchev–Trinajstić information content (AvgIpc) is 3.44. The molecule has 4 aliphatic carbocycles. The molecule has 6 aliphatic rings. The minimum atomic E-state index is -0.778. The normalized spacial score (nSPS) is 40.8. The number of aliphatic hydroxyl groups excluding tert-OH is 1. The first-order chi connectivity index (χ1) is 19.5. The summed E-state index contributed by atoms with van der Waals surface area (Å²) in [7, 11) is 0. The van der Waals surface area contributed by atoms with Crippen molar-refractivity contribution in [1.29, 1.82) is 0 Å². The highest BCUT2D eigenvalue weighted by atomic mass is 16.3. The fourth-order valence-electron chi connectivity index (χ4n) is 11.0. The van der Waals surface area contributed by atoms with Gasteiger partial charge in [0.2, 0.25) is 0 Å². The Kier molecular flexibility index (Phi) is 5.95. The molecule has 220 valence electrons. The van der Waals surface area contributed by atoms with Gasteiger partial charge in [0, 0.05) is 11.8 Å². The zero-order valence-corrected chi connectivity index (χ0v) is 25.4. The van der Waals surface area contributed by atoms with E-state index in [1.54, 1.807) is 4.68 Å². The number of aliphatic hydroxyl groups is 1. The quantitative estimate of drug-likeness (QED) is 0.443. The van der Waals surface area contributed by atoms with Crippen molar-refractivity contribution in [2.75, 3.05) is 0 Å². The monoisotopic (exact) mass is 557 g/mol. The van der Waals surface area contributed by atoms with Crippen molar-refractivity contribution in [1.82, 2.24) is 13.9 Å².